The highest BCUT2D eigenvalue weighted by molar-refractivity contribution is 4.98. The molecule has 216 valence electrons. The molecule has 0 amide bonds. The van der Waals surface area contributed by atoms with Gasteiger partial charge in [-0.05, 0) is 0 Å². The molecule has 2 aliphatic rings. The van der Waals surface area contributed by atoms with Gasteiger partial charge in [-0.25, -0.2) is 0 Å². The van der Waals surface area contributed by atoms with Crippen LogP contribution in [0.5, 0.6) is 0 Å². The Labute approximate surface area is 224 Å². The molecule has 2 heterocycles. The number of ether oxygens (including phenoxy) is 8. The fourth-order valence-electron chi connectivity index (χ4n) is 4.33. The maximum absolute atomic E-state index is 10.6. The van der Waals surface area contributed by atoms with E-state index in [1.807, 2.05) is 0 Å². The van der Waals surface area contributed by atoms with Crippen LogP contribution in [0.25, 0.3) is 0 Å². The topological polar surface area (TPSA) is 135 Å². The first-order valence-electron chi connectivity index (χ1n) is 12.5. The molecule has 2 aliphatic heterocycles. The maximum Gasteiger partial charge on any atom is 0.187 e. The fraction of sp³-hybridized carbons (Fsp3) is 0.630. The van der Waals surface area contributed by atoms with Crippen LogP contribution in [0.3, 0.4) is 0 Å². The van der Waals surface area contributed by atoms with Crippen LogP contribution in [0.1, 0.15) is 0 Å². The molecule has 11 heteroatoms. The van der Waals surface area contributed by atoms with Crippen molar-refractivity contribution in [2.75, 3.05) is 46.2 Å². The number of hydrogen-bond acceptors (Lipinski definition) is 11. The molecule has 11 nitrogen and oxygen atoms in total. The number of rotatable bonds is 19. The average molecular weight is 543 g/mol. The molecular weight excluding hydrogens is 500 g/mol. The Balaban J connectivity index is 2.45. The van der Waals surface area contributed by atoms with E-state index in [0.29, 0.717) is 0 Å². The van der Waals surface area contributed by atoms with Crippen LogP contribution in [0, 0.1) is 0 Å². The van der Waals surface area contributed by atoms with Crippen LogP contribution >= 0.6 is 0 Å². The predicted molar refractivity (Wildman–Crippen MR) is 138 cm³/mol. The van der Waals surface area contributed by atoms with Crippen LogP contribution in [0.15, 0.2) is 63.3 Å². The quantitative estimate of drug-likeness (QED) is 0.199. The van der Waals surface area contributed by atoms with Crippen molar-refractivity contribution in [3.05, 3.63) is 63.3 Å². The summed E-state index contributed by atoms with van der Waals surface area (Å²) in [5.74, 6) is 0. The maximum atomic E-state index is 10.6. The zero-order valence-corrected chi connectivity index (χ0v) is 21.8. The summed E-state index contributed by atoms with van der Waals surface area (Å²) < 4.78 is 47.7. The Morgan fingerprint density at radius 2 is 0.921 bits per heavy atom. The Bertz CT molecular complexity index is 732. The first-order chi connectivity index (χ1) is 18.5. The number of aliphatic hydroxyl groups is 3. The van der Waals surface area contributed by atoms with Gasteiger partial charge in [-0.3, -0.25) is 0 Å². The van der Waals surface area contributed by atoms with Crippen molar-refractivity contribution >= 4 is 0 Å². The molecule has 0 aliphatic carbocycles. The van der Waals surface area contributed by atoms with Gasteiger partial charge in [0.05, 0.1) is 46.2 Å². The molecule has 3 N–H and O–H groups in total. The van der Waals surface area contributed by atoms with Crippen molar-refractivity contribution in [3.63, 3.8) is 0 Å². The summed E-state index contributed by atoms with van der Waals surface area (Å²) in [6.45, 7) is 18.2. The van der Waals surface area contributed by atoms with E-state index in [-0.39, 0.29) is 33.0 Å². The van der Waals surface area contributed by atoms with Gasteiger partial charge in [0, 0.05) is 0 Å². The SMILES string of the molecule is C=CCO[C@H]1[C@@H](OCC=C)[C@@H](CO)O[C@@H](O[C@H]2[C@H](OCC=C)[C@@H](OCC=C)C(O)O[C@@H]2CO)[C@@H]1OCC=C. The lowest BCUT2D eigenvalue weighted by Gasteiger charge is -2.49. The Hall–Kier alpha value is -1.74. The van der Waals surface area contributed by atoms with E-state index in [2.05, 4.69) is 32.9 Å². The molecule has 0 spiro atoms. The standard InChI is InChI=1S/C27H42O11/c1-6-11-31-20-18(16-28)37-27(25(35-15-10-5)22(20)32-12-7-2)38-21-19(17-29)36-26(30)24(34-14-9-4)23(21)33-13-8-3/h6-10,18-30H,1-5,11-17H2/t18-,19-,20+,21-,22+,23+,24-,25-,26?,27+/m1/s1. The van der Waals surface area contributed by atoms with Crippen molar-refractivity contribution in [2.24, 2.45) is 0 Å². The number of hydrogen-bond donors (Lipinski definition) is 3. The summed E-state index contributed by atoms with van der Waals surface area (Å²) in [7, 11) is 0. The van der Waals surface area contributed by atoms with Gasteiger partial charge in [-0.1, -0.05) is 30.4 Å². The molecule has 0 saturated carbocycles. The molecule has 10 atom stereocenters. The van der Waals surface area contributed by atoms with E-state index in [9.17, 15) is 15.3 Å². The minimum Gasteiger partial charge on any atom is -0.394 e. The van der Waals surface area contributed by atoms with Gasteiger partial charge in [-0.15, -0.1) is 32.9 Å². The van der Waals surface area contributed by atoms with Gasteiger partial charge in [0.25, 0.3) is 0 Å². The fourth-order valence-corrected chi connectivity index (χ4v) is 4.33. The summed E-state index contributed by atoms with van der Waals surface area (Å²) in [6, 6.07) is 0. The summed E-state index contributed by atoms with van der Waals surface area (Å²) in [4.78, 5) is 0. The third-order valence-corrected chi connectivity index (χ3v) is 5.88. The van der Waals surface area contributed by atoms with E-state index in [4.69, 9.17) is 37.9 Å². The van der Waals surface area contributed by atoms with Gasteiger partial charge in [0.15, 0.2) is 12.6 Å². The van der Waals surface area contributed by atoms with Gasteiger partial charge < -0.3 is 53.2 Å². The molecule has 0 aromatic heterocycles. The molecule has 1 unspecified atom stereocenters. The van der Waals surface area contributed by atoms with E-state index in [1.54, 1.807) is 18.2 Å². The van der Waals surface area contributed by atoms with Crippen LogP contribution in [0.2, 0.25) is 0 Å². The molecular formula is C27H42O11. The molecule has 0 aromatic carbocycles. The van der Waals surface area contributed by atoms with E-state index >= 15 is 0 Å². The second-order valence-corrected chi connectivity index (χ2v) is 8.51. The Morgan fingerprint density at radius 3 is 1.39 bits per heavy atom. The third-order valence-electron chi connectivity index (χ3n) is 5.88. The van der Waals surface area contributed by atoms with E-state index in [0.717, 1.165) is 0 Å². The molecule has 0 aromatic rings. The molecule has 2 fully saturated rings. The lowest BCUT2D eigenvalue weighted by molar-refractivity contribution is -0.367. The minimum atomic E-state index is -1.41. The lowest BCUT2D eigenvalue weighted by atomic mass is 9.96. The van der Waals surface area contributed by atoms with E-state index in [1.165, 1.54) is 12.2 Å². The summed E-state index contributed by atoms with van der Waals surface area (Å²) in [5.41, 5.74) is 0. The largest absolute Gasteiger partial charge is 0.394 e. The van der Waals surface area contributed by atoms with Crippen molar-refractivity contribution in [1.29, 1.82) is 0 Å². The Kier molecular flexibility index (Phi) is 15.2. The van der Waals surface area contributed by atoms with Crippen molar-refractivity contribution < 1.29 is 53.2 Å². The molecule has 0 bridgehead atoms. The Morgan fingerprint density at radius 1 is 0.526 bits per heavy atom. The molecule has 2 saturated heterocycles. The zero-order chi connectivity index (χ0) is 27.9. The average Bonchev–Trinajstić information content (AvgIpc) is 2.93. The first kappa shape index (κ1) is 32.5. The van der Waals surface area contributed by atoms with Gasteiger partial charge >= 0.3 is 0 Å². The molecule has 0 radical (unpaired) electrons. The monoisotopic (exact) mass is 542 g/mol. The van der Waals surface area contributed by atoms with Crippen molar-refractivity contribution in [1.82, 2.24) is 0 Å². The lowest BCUT2D eigenvalue weighted by Crippen LogP contribution is -2.66. The van der Waals surface area contributed by atoms with Gasteiger partial charge in [0.2, 0.25) is 0 Å². The van der Waals surface area contributed by atoms with Crippen LogP contribution < -0.4 is 0 Å². The van der Waals surface area contributed by atoms with Crippen LogP contribution in [-0.2, 0) is 37.9 Å². The van der Waals surface area contributed by atoms with Crippen molar-refractivity contribution in [2.45, 2.75) is 61.4 Å². The highest BCUT2D eigenvalue weighted by atomic mass is 16.7. The van der Waals surface area contributed by atoms with Crippen LogP contribution in [0.4, 0.5) is 0 Å². The summed E-state index contributed by atoms with van der Waals surface area (Å²) in [5, 5.41) is 30.8. The van der Waals surface area contributed by atoms with Crippen LogP contribution in [-0.4, -0.2) is 123 Å². The highest BCUT2D eigenvalue weighted by Gasteiger charge is 2.53. The van der Waals surface area contributed by atoms with Crippen molar-refractivity contribution in [3.8, 4) is 0 Å². The smallest absolute Gasteiger partial charge is 0.187 e. The second kappa shape index (κ2) is 17.8. The number of aliphatic hydroxyl groups excluding tert-OH is 3. The highest BCUT2D eigenvalue weighted by Crippen LogP contribution is 2.34. The minimum absolute atomic E-state index is 0.104. The van der Waals surface area contributed by atoms with Gasteiger partial charge in [-0.2, -0.15) is 0 Å². The summed E-state index contributed by atoms with van der Waals surface area (Å²) in [6.07, 6.45) is -1.91. The molecule has 38 heavy (non-hydrogen) atoms. The summed E-state index contributed by atoms with van der Waals surface area (Å²) >= 11 is 0. The van der Waals surface area contributed by atoms with E-state index < -0.39 is 74.6 Å². The second-order valence-electron chi connectivity index (χ2n) is 8.51. The van der Waals surface area contributed by atoms with Gasteiger partial charge in [0.1, 0.15) is 48.8 Å². The first-order valence-corrected chi connectivity index (χ1v) is 12.5. The normalized spacial score (nSPS) is 35.3. The third kappa shape index (κ3) is 8.63. The predicted octanol–water partition coefficient (Wildman–Crippen LogP) is 0.654. The molecule has 2 rings (SSSR count). The zero-order valence-electron chi connectivity index (χ0n) is 21.8.